The SMILES string of the molecule is CN=C(NCC#Cc1cccc(C(F)(F)F)c1)NC1CCN(c2ccc(C)cn2)CC1. The first kappa shape index (κ1) is 22.5. The molecule has 1 fully saturated rings. The minimum atomic E-state index is -4.37. The second-order valence-corrected chi connectivity index (χ2v) is 7.41. The Morgan fingerprint density at radius 2 is 2.00 bits per heavy atom. The lowest BCUT2D eigenvalue weighted by molar-refractivity contribution is -0.137. The quantitative estimate of drug-likeness (QED) is 0.445. The number of halogens is 3. The molecule has 1 aromatic heterocycles. The average molecular weight is 429 g/mol. The zero-order valence-corrected chi connectivity index (χ0v) is 17.6. The van der Waals surface area contributed by atoms with Crippen molar-refractivity contribution in [1.82, 2.24) is 15.6 Å². The fraction of sp³-hybridized carbons (Fsp3) is 0.391. The Labute approximate surface area is 180 Å². The number of hydrogen-bond acceptors (Lipinski definition) is 3. The zero-order valence-electron chi connectivity index (χ0n) is 17.6. The van der Waals surface area contributed by atoms with Crippen LogP contribution in [-0.4, -0.2) is 43.7 Å². The van der Waals surface area contributed by atoms with Crippen LogP contribution in [0.15, 0.2) is 47.6 Å². The number of nitrogens with zero attached hydrogens (tertiary/aromatic N) is 3. The summed E-state index contributed by atoms with van der Waals surface area (Å²) in [7, 11) is 1.68. The Hall–Kier alpha value is -3.21. The van der Waals surface area contributed by atoms with Crippen molar-refractivity contribution >= 4 is 11.8 Å². The molecule has 2 heterocycles. The molecule has 0 amide bonds. The lowest BCUT2D eigenvalue weighted by atomic mass is 10.1. The summed E-state index contributed by atoms with van der Waals surface area (Å²) in [5.41, 5.74) is 0.778. The average Bonchev–Trinajstić information content (AvgIpc) is 2.76. The third-order valence-electron chi connectivity index (χ3n) is 5.05. The highest BCUT2D eigenvalue weighted by molar-refractivity contribution is 5.80. The van der Waals surface area contributed by atoms with Crippen LogP contribution in [0.3, 0.4) is 0 Å². The molecule has 31 heavy (non-hydrogen) atoms. The minimum absolute atomic E-state index is 0.280. The number of aliphatic imine (C=N–C) groups is 1. The Morgan fingerprint density at radius 1 is 1.23 bits per heavy atom. The van der Waals surface area contributed by atoms with Crippen molar-refractivity contribution < 1.29 is 13.2 Å². The summed E-state index contributed by atoms with van der Waals surface area (Å²) in [6.45, 7) is 4.11. The molecule has 0 bridgehead atoms. The van der Waals surface area contributed by atoms with Crippen LogP contribution >= 0.6 is 0 Å². The molecule has 2 aromatic rings. The normalized spacial score (nSPS) is 15.3. The van der Waals surface area contributed by atoms with Crippen LogP contribution in [0.2, 0.25) is 0 Å². The maximum atomic E-state index is 12.8. The first-order valence-corrected chi connectivity index (χ1v) is 10.2. The molecule has 0 spiro atoms. The molecule has 0 radical (unpaired) electrons. The lowest BCUT2D eigenvalue weighted by Crippen LogP contribution is -2.48. The summed E-state index contributed by atoms with van der Waals surface area (Å²) in [5.74, 6) is 7.24. The maximum absolute atomic E-state index is 12.8. The van der Waals surface area contributed by atoms with Crippen LogP contribution < -0.4 is 15.5 Å². The van der Waals surface area contributed by atoms with Crippen LogP contribution in [0.1, 0.15) is 29.5 Å². The summed E-state index contributed by atoms with van der Waals surface area (Å²) in [6, 6.07) is 9.41. The number of hydrogen-bond donors (Lipinski definition) is 2. The van der Waals surface area contributed by atoms with Crippen LogP contribution in [0, 0.1) is 18.8 Å². The van der Waals surface area contributed by atoms with E-state index in [0.29, 0.717) is 11.5 Å². The summed E-state index contributed by atoms with van der Waals surface area (Å²) in [6.07, 6.45) is -0.586. The number of aryl methyl sites for hydroxylation is 1. The Balaban J connectivity index is 1.46. The molecule has 1 saturated heterocycles. The van der Waals surface area contributed by atoms with E-state index in [2.05, 4.69) is 43.4 Å². The third-order valence-corrected chi connectivity index (χ3v) is 5.05. The van der Waals surface area contributed by atoms with E-state index in [0.717, 1.165) is 49.4 Å². The molecule has 8 heteroatoms. The van der Waals surface area contributed by atoms with Gasteiger partial charge in [-0.25, -0.2) is 4.98 Å². The standard InChI is InChI=1S/C23H26F3N5/c1-17-8-9-21(29-16-17)31-13-10-20(11-14-31)30-22(27-2)28-12-4-6-18-5-3-7-19(15-18)23(24,25)26/h3,5,7-9,15-16,20H,10-14H2,1-2H3,(H2,27,28,30). The molecule has 0 saturated carbocycles. The molecular weight excluding hydrogens is 403 g/mol. The van der Waals surface area contributed by atoms with E-state index in [-0.39, 0.29) is 12.6 Å². The van der Waals surface area contributed by atoms with Gasteiger partial charge in [-0.05, 0) is 49.6 Å². The third kappa shape index (κ3) is 6.64. The maximum Gasteiger partial charge on any atom is 0.416 e. The van der Waals surface area contributed by atoms with Crippen LogP contribution in [-0.2, 0) is 6.18 Å². The van der Waals surface area contributed by atoms with Gasteiger partial charge in [0.05, 0.1) is 12.1 Å². The number of anilines is 1. The van der Waals surface area contributed by atoms with Gasteiger partial charge in [-0.15, -0.1) is 0 Å². The van der Waals surface area contributed by atoms with Gasteiger partial charge in [-0.3, -0.25) is 4.99 Å². The predicted molar refractivity (Wildman–Crippen MR) is 117 cm³/mol. The highest BCUT2D eigenvalue weighted by Crippen LogP contribution is 2.29. The Bertz CT molecular complexity index is 950. The number of alkyl halides is 3. The summed E-state index contributed by atoms with van der Waals surface area (Å²) < 4.78 is 38.3. The largest absolute Gasteiger partial charge is 0.416 e. The number of aromatic nitrogens is 1. The Kier molecular flexibility index (Phi) is 7.40. The monoisotopic (exact) mass is 429 g/mol. The Morgan fingerprint density at radius 3 is 2.65 bits per heavy atom. The second-order valence-electron chi connectivity index (χ2n) is 7.41. The number of nitrogens with one attached hydrogen (secondary N) is 2. The molecule has 0 atom stereocenters. The van der Waals surface area contributed by atoms with Crippen molar-refractivity contribution in [3.8, 4) is 11.8 Å². The molecule has 1 aliphatic rings. The van der Waals surface area contributed by atoms with E-state index in [1.54, 1.807) is 13.1 Å². The molecule has 0 aliphatic carbocycles. The van der Waals surface area contributed by atoms with Gasteiger partial charge in [0.2, 0.25) is 0 Å². The van der Waals surface area contributed by atoms with Crippen molar-refractivity contribution in [3.05, 3.63) is 59.3 Å². The fourth-order valence-corrected chi connectivity index (χ4v) is 3.34. The smallest absolute Gasteiger partial charge is 0.356 e. The number of rotatable bonds is 3. The van der Waals surface area contributed by atoms with Crippen molar-refractivity contribution in [2.75, 3.05) is 31.6 Å². The molecule has 5 nitrogen and oxygen atoms in total. The second kappa shape index (κ2) is 10.2. The highest BCUT2D eigenvalue weighted by atomic mass is 19.4. The molecule has 1 aliphatic heterocycles. The summed E-state index contributed by atoms with van der Waals surface area (Å²) >= 11 is 0. The summed E-state index contributed by atoms with van der Waals surface area (Å²) in [5, 5.41) is 6.49. The first-order chi connectivity index (χ1) is 14.8. The molecule has 1 aromatic carbocycles. The topological polar surface area (TPSA) is 52.6 Å². The van der Waals surface area contributed by atoms with E-state index >= 15 is 0 Å². The zero-order chi connectivity index (χ0) is 22.3. The van der Waals surface area contributed by atoms with E-state index in [1.165, 1.54) is 6.07 Å². The number of pyridine rings is 1. The van der Waals surface area contributed by atoms with Gasteiger partial charge in [0.1, 0.15) is 5.82 Å². The van der Waals surface area contributed by atoms with E-state index in [4.69, 9.17) is 0 Å². The first-order valence-electron chi connectivity index (χ1n) is 10.2. The highest BCUT2D eigenvalue weighted by Gasteiger charge is 2.30. The van der Waals surface area contributed by atoms with E-state index in [9.17, 15) is 13.2 Å². The van der Waals surface area contributed by atoms with Gasteiger partial charge >= 0.3 is 6.18 Å². The molecule has 164 valence electrons. The van der Waals surface area contributed by atoms with Crippen molar-refractivity contribution in [2.45, 2.75) is 32.0 Å². The van der Waals surface area contributed by atoms with Crippen LogP contribution in [0.4, 0.5) is 19.0 Å². The van der Waals surface area contributed by atoms with Gasteiger partial charge in [-0.1, -0.05) is 24.0 Å². The van der Waals surface area contributed by atoms with E-state index in [1.807, 2.05) is 19.2 Å². The number of guanidine groups is 1. The minimum Gasteiger partial charge on any atom is -0.356 e. The van der Waals surface area contributed by atoms with Crippen molar-refractivity contribution in [2.24, 2.45) is 4.99 Å². The molecular formula is C23H26F3N5. The molecule has 3 rings (SSSR count). The number of benzene rings is 1. The van der Waals surface area contributed by atoms with Gasteiger partial charge in [0.25, 0.3) is 0 Å². The fourth-order valence-electron chi connectivity index (χ4n) is 3.34. The van der Waals surface area contributed by atoms with E-state index < -0.39 is 11.7 Å². The molecule has 2 N–H and O–H groups in total. The van der Waals surface area contributed by atoms with Crippen LogP contribution in [0.5, 0.6) is 0 Å². The van der Waals surface area contributed by atoms with Gasteiger partial charge < -0.3 is 15.5 Å². The van der Waals surface area contributed by atoms with Crippen LogP contribution in [0.25, 0.3) is 0 Å². The van der Waals surface area contributed by atoms with Crippen molar-refractivity contribution in [3.63, 3.8) is 0 Å². The summed E-state index contributed by atoms with van der Waals surface area (Å²) in [4.78, 5) is 11.0. The van der Waals surface area contributed by atoms with Gasteiger partial charge in [0.15, 0.2) is 5.96 Å². The van der Waals surface area contributed by atoms with Crippen molar-refractivity contribution in [1.29, 1.82) is 0 Å². The predicted octanol–water partition coefficient (Wildman–Crippen LogP) is 3.59. The van der Waals surface area contributed by atoms with Gasteiger partial charge in [-0.2, -0.15) is 13.2 Å². The number of piperidine rings is 1. The molecule has 0 unspecified atom stereocenters. The van der Waals surface area contributed by atoms with Gasteiger partial charge in [0, 0.05) is 37.9 Å². The lowest BCUT2D eigenvalue weighted by Gasteiger charge is -2.33.